The molecule has 1 aromatic heterocycles. The number of benzene rings is 1. The van der Waals surface area contributed by atoms with Crippen molar-refractivity contribution in [2.45, 2.75) is 30.8 Å². The molecule has 2 amide bonds. The molecule has 8 nitrogen and oxygen atoms in total. The van der Waals surface area contributed by atoms with Gasteiger partial charge in [-0.1, -0.05) is 22.8 Å². The molecule has 0 radical (unpaired) electrons. The van der Waals surface area contributed by atoms with E-state index >= 15 is 0 Å². The minimum absolute atomic E-state index is 0.0520. The molecular weight excluding hydrogens is 433 g/mol. The second-order valence-corrected chi connectivity index (χ2v) is 7.78. The number of rotatable bonds is 4. The first-order chi connectivity index (χ1) is 13.7. The third-order valence-corrected chi connectivity index (χ3v) is 5.47. The maximum absolute atomic E-state index is 13.2. The van der Waals surface area contributed by atoms with E-state index in [1.807, 2.05) is 13.0 Å². The van der Waals surface area contributed by atoms with Crippen LogP contribution in [0.1, 0.15) is 12.0 Å². The standard InChI is InChI=1S/C16H15F3N4O4S2/c1-9-4-3-5-10(8-9)28-15(25)27-11-6-7-22(16(17,18)19)14(24)23(11)12-20-21-13(26-2)29-12/h3-5,8,11H,6-7H2,1-2H3. The van der Waals surface area contributed by atoms with Gasteiger partial charge in [-0.05, 0) is 42.2 Å². The van der Waals surface area contributed by atoms with E-state index in [-0.39, 0.29) is 21.6 Å². The summed E-state index contributed by atoms with van der Waals surface area (Å²) in [6, 6.07) is 5.67. The monoisotopic (exact) mass is 448 g/mol. The lowest BCUT2D eigenvalue weighted by Crippen LogP contribution is -2.59. The van der Waals surface area contributed by atoms with E-state index in [2.05, 4.69) is 10.2 Å². The summed E-state index contributed by atoms with van der Waals surface area (Å²) in [7, 11) is 1.31. The van der Waals surface area contributed by atoms with Crippen LogP contribution < -0.4 is 9.64 Å². The number of urea groups is 1. The van der Waals surface area contributed by atoms with Crippen molar-refractivity contribution in [1.29, 1.82) is 0 Å². The van der Waals surface area contributed by atoms with E-state index in [1.165, 1.54) is 7.11 Å². The number of methoxy groups -OCH3 is 1. The van der Waals surface area contributed by atoms with Crippen LogP contribution in [0, 0.1) is 6.92 Å². The van der Waals surface area contributed by atoms with Gasteiger partial charge in [0, 0.05) is 17.9 Å². The molecule has 156 valence electrons. The lowest BCUT2D eigenvalue weighted by molar-refractivity contribution is -0.227. The zero-order valence-corrected chi connectivity index (χ0v) is 16.8. The normalized spacial score (nSPS) is 17.4. The molecule has 1 fully saturated rings. The maximum atomic E-state index is 13.2. The topological polar surface area (TPSA) is 84.9 Å². The first-order valence-corrected chi connectivity index (χ1v) is 9.82. The third kappa shape index (κ3) is 4.90. The Labute approximate surface area is 171 Å². The van der Waals surface area contributed by atoms with E-state index in [0.29, 0.717) is 9.80 Å². The van der Waals surface area contributed by atoms with Crippen LogP contribution in [0.25, 0.3) is 0 Å². The van der Waals surface area contributed by atoms with Gasteiger partial charge in [-0.25, -0.2) is 19.4 Å². The molecule has 0 N–H and O–H groups in total. The van der Waals surface area contributed by atoms with Crippen LogP contribution in [0.2, 0.25) is 0 Å². The Hall–Kier alpha value is -2.54. The second-order valence-electron chi connectivity index (χ2n) is 5.86. The predicted molar refractivity (Wildman–Crippen MR) is 99.0 cm³/mol. The highest BCUT2D eigenvalue weighted by molar-refractivity contribution is 8.13. The molecule has 2 heterocycles. The number of thioether (sulfide) groups is 1. The highest BCUT2D eigenvalue weighted by atomic mass is 32.2. The molecule has 0 saturated carbocycles. The van der Waals surface area contributed by atoms with Crippen LogP contribution in [-0.2, 0) is 4.74 Å². The molecule has 29 heavy (non-hydrogen) atoms. The van der Waals surface area contributed by atoms with Gasteiger partial charge >= 0.3 is 17.6 Å². The Balaban J connectivity index is 1.81. The summed E-state index contributed by atoms with van der Waals surface area (Å²) in [6.45, 7) is 1.20. The fraction of sp³-hybridized carbons (Fsp3) is 0.375. The van der Waals surface area contributed by atoms with Crippen molar-refractivity contribution in [2.75, 3.05) is 18.6 Å². The Morgan fingerprint density at radius 1 is 1.34 bits per heavy atom. The van der Waals surface area contributed by atoms with Crippen LogP contribution in [0.15, 0.2) is 29.2 Å². The predicted octanol–water partition coefficient (Wildman–Crippen LogP) is 4.26. The SMILES string of the molecule is COc1nnc(N2C(=O)N(C(F)(F)F)CCC2OC(=O)Sc2cccc(C)c2)s1. The van der Waals surface area contributed by atoms with Crippen molar-refractivity contribution in [3.63, 3.8) is 0 Å². The Kier molecular flexibility index (Phi) is 6.17. The molecule has 0 spiro atoms. The van der Waals surface area contributed by atoms with Crippen molar-refractivity contribution in [3.8, 4) is 5.19 Å². The van der Waals surface area contributed by atoms with Gasteiger partial charge in [0.2, 0.25) is 5.13 Å². The van der Waals surface area contributed by atoms with Gasteiger partial charge in [0.05, 0.1) is 7.11 Å². The number of carbonyl (C=O) groups excluding carboxylic acids is 2. The number of hydrogen-bond donors (Lipinski definition) is 0. The fourth-order valence-electron chi connectivity index (χ4n) is 2.56. The molecule has 0 aliphatic carbocycles. The number of halogens is 3. The molecule has 13 heteroatoms. The van der Waals surface area contributed by atoms with Crippen LogP contribution in [0.3, 0.4) is 0 Å². The summed E-state index contributed by atoms with van der Waals surface area (Å²) in [5.74, 6) is 0. The first-order valence-electron chi connectivity index (χ1n) is 8.19. The van der Waals surface area contributed by atoms with Gasteiger partial charge < -0.3 is 9.47 Å². The molecular formula is C16H15F3N4O4S2. The number of alkyl halides is 3. The molecule has 2 aromatic rings. The number of carbonyl (C=O) groups is 2. The van der Waals surface area contributed by atoms with E-state index in [4.69, 9.17) is 9.47 Å². The van der Waals surface area contributed by atoms with E-state index in [9.17, 15) is 22.8 Å². The summed E-state index contributed by atoms with van der Waals surface area (Å²) < 4.78 is 49.7. The van der Waals surface area contributed by atoms with Gasteiger partial charge in [0.25, 0.3) is 5.19 Å². The summed E-state index contributed by atoms with van der Waals surface area (Å²) >= 11 is 1.53. The van der Waals surface area contributed by atoms with Crippen LogP contribution in [0.5, 0.6) is 5.19 Å². The van der Waals surface area contributed by atoms with Crippen LogP contribution in [-0.4, -0.2) is 52.6 Å². The van der Waals surface area contributed by atoms with Gasteiger partial charge in [0.1, 0.15) is 0 Å². The van der Waals surface area contributed by atoms with Gasteiger partial charge in [-0.2, -0.15) is 0 Å². The van der Waals surface area contributed by atoms with Crippen LogP contribution in [0.4, 0.5) is 27.9 Å². The molecule has 1 unspecified atom stereocenters. The molecule has 1 aliphatic heterocycles. The van der Waals surface area contributed by atoms with Crippen molar-refractivity contribution < 1.29 is 32.2 Å². The number of aryl methyl sites for hydroxylation is 1. The van der Waals surface area contributed by atoms with Crippen LogP contribution >= 0.6 is 23.1 Å². The smallest absolute Gasteiger partial charge is 0.472 e. The maximum Gasteiger partial charge on any atom is 0.488 e. The van der Waals surface area contributed by atoms with Crippen molar-refractivity contribution >= 4 is 39.6 Å². The van der Waals surface area contributed by atoms with Gasteiger partial charge in [-0.3, -0.25) is 0 Å². The minimum atomic E-state index is -4.88. The number of hydrogen-bond acceptors (Lipinski definition) is 8. The summed E-state index contributed by atoms with van der Waals surface area (Å²) in [6.07, 6.45) is -6.40. The zero-order chi connectivity index (χ0) is 21.2. The Morgan fingerprint density at radius 3 is 2.72 bits per heavy atom. The lowest BCUT2D eigenvalue weighted by atomic mass is 10.2. The Bertz CT molecular complexity index is 908. The Morgan fingerprint density at radius 2 is 2.10 bits per heavy atom. The number of amides is 2. The molecule has 1 aromatic carbocycles. The number of aromatic nitrogens is 2. The lowest BCUT2D eigenvalue weighted by Gasteiger charge is -2.39. The summed E-state index contributed by atoms with van der Waals surface area (Å²) in [4.78, 5) is 25.8. The highest BCUT2D eigenvalue weighted by Crippen LogP contribution is 2.35. The average molecular weight is 448 g/mol. The van der Waals surface area contributed by atoms with Gasteiger partial charge in [-0.15, -0.1) is 18.3 Å². The third-order valence-electron chi connectivity index (χ3n) is 3.83. The molecule has 0 bridgehead atoms. The largest absolute Gasteiger partial charge is 0.488 e. The summed E-state index contributed by atoms with van der Waals surface area (Å²) in [5.41, 5.74) is 0.930. The quantitative estimate of drug-likeness (QED) is 0.392. The first kappa shape index (κ1) is 21.2. The molecule has 1 saturated heterocycles. The average Bonchev–Trinajstić information content (AvgIpc) is 3.09. The van der Waals surface area contributed by atoms with E-state index in [1.54, 1.807) is 18.2 Å². The number of nitrogens with zero attached hydrogens (tertiary/aromatic N) is 4. The fourth-order valence-corrected chi connectivity index (χ4v) is 4.00. The molecule has 1 aliphatic rings. The number of anilines is 1. The second kappa shape index (κ2) is 8.45. The van der Waals surface area contributed by atoms with Gasteiger partial charge in [0.15, 0.2) is 6.23 Å². The molecule has 1 atom stereocenters. The minimum Gasteiger partial charge on any atom is -0.472 e. The highest BCUT2D eigenvalue weighted by Gasteiger charge is 2.49. The van der Waals surface area contributed by atoms with Crippen molar-refractivity contribution in [3.05, 3.63) is 29.8 Å². The zero-order valence-electron chi connectivity index (χ0n) is 15.2. The number of ether oxygens (including phenoxy) is 2. The van der Waals surface area contributed by atoms with E-state index in [0.717, 1.165) is 28.7 Å². The van der Waals surface area contributed by atoms with Crippen molar-refractivity contribution in [1.82, 2.24) is 15.1 Å². The van der Waals surface area contributed by atoms with Crippen molar-refractivity contribution in [2.24, 2.45) is 0 Å². The summed E-state index contributed by atoms with van der Waals surface area (Å²) in [5, 5.41) is 6.45. The molecule has 3 rings (SSSR count). The van der Waals surface area contributed by atoms with E-state index < -0.39 is 30.4 Å².